The van der Waals surface area contributed by atoms with Crippen molar-refractivity contribution in [2.75, 3.05) is 0 Å². The monoisotopic (exact) mass is 174 g/mol. The van der Waals surface area contributed by atoms with Crippen LogP contribution in [0, 0.1) is 6.92 Å². The Hall–Kier alpha value is -1.71. The van der Waals surface area contributed by atoms with Gasteiger partial charge in [0.1, 0.15) is 6.33 Å². The Kier molecular flexibility index (Phi) is 1.81. The van der Waals surface area contributed by atoms with Gasteiger partial charge in [-0.25, -0.2) is 9.97 Å². The molecule has 0 amide bonds. The number of aryl methyl sites for hydroxylation is 1. The van der Waals surface area contributed by atoms with Crippen molar-refractivity contribution in [3.8, 4) is 11.1 Å². The Bertz CT molecular complexity index is 405. The lowest BCUT2D eigenvalue weighted by atomic mass is 10.1. The van der Waals surface area contributed by atoms with Gasteiger partial charge in [0.05, 0.1) is 6.20 Å². The first-order valence-electron chi connectivity index (χ1n) is 4.03. The average Bonchev–Trinajstić information content (AvgIpc) is 2.49. The van der Waals surface area contributed by atoms with Crippen molar-refractivity contribution in [2.24, 2.45) is 7.05 Å². The zero-order valence-corrected chi connectivity index (χ0v) is 7.60. The summed E-state index contributed by atoms with van der Waals surface area (Å²) in [5, 5.41) is 4.15. The molecule has 0 spiro atoms. The van der Waals surface area contributed by atoms with Gasteiger partial charge in [-0.05, 0) is 6.92 Å². The molecule has 2 aromatic heterocycles. The van der Waals surface area contributed by atoms with E-state index in [2.05, 4.69) is 15.1 Å². The Morgan fingerprint density at radius 2 is 1.85 bits per heavy atom. The summed E-state index contributed by atoms with van der Waals surface area (Å²) in [5.74, 6) is 0. The number of hydrogen-bond acceptors (Lipinski definition) is 3. The minimum absolute atomic E-state index is 1.01. The van der Waals surface area contributed by atoms with E-state index in [0.29, 0.717) is 0 Å². The lowest BCUT2D eigenvalue weighted by Gasteiger charge is -1.98. The number of rotatable bonds is 1. The third kappa shape index (κ3) is 1.30. The normalized spacial score (nSPS) is 10.3. The van der Waals surface area contributed by atoms with Crippen LogP contribution in [0.15, 0.2) is 24.9 Å². The molecule has 2 heterocycles. The van der Waals surface area contributed by atoms with Crippen LogP contribution in [0.1, 0.15) is 5.69 Å². The second kappa shape index (κ2) is 2.97. The van der Waals surface area contributed by atoms with Crippen molar-refractivity contribution in [3.63, 3.8) is 0 Å². The van der Waals surface area contributed by atoms with Crippen LogP contribution >= 0.6 is 0 Å². The van der Waals surface area contributed by atoms with Gasteiger partial charge in [0.15, 0.2) is 0 Å². The predicted molar refractivity (Wildman–Crippen MR) is 49.0 cm³/mol. The summed E-state index contributed by atoms with van der Waals surface area (Å²) in [7, 11) is 1.92. The van der Waals surface area contributed by atoms with Gasteiger partial charge < -0.3 is 0 Å². The molecule has 0 aliphatic rings. The Morgan fingerprint density at radius 3 is 2.38 bits per heavy atom. The van der Waals surface area contributed by atoms with Crippen molar-refractivity contribution in [1.29, 1.82) is 0 Å². The van der Waals surface area contributed by atoms with Crippen LogP contribution in [0.4, 0.5) is 0 Å². The van der Waals surface area contributed by atoms with Gasteiger partial charge in [0, 0.05) is 36.3 Å². The molecule has 2 rings (SSSR count). The molecule has 0 fully saturated rings. The molecule has 0 aliphatic heterocycles. The summed E-state index contributed by atoms with van der Waals surface area (Å²) in [6, 6.07) is 0. The van der Waals surface area contributed by atoms with Crippen LogP contribution in [0.3, 0.4) is 0 Å². The molecule has 4 nitrogen and oxygen atoms in total. The topological polar surface area (TPSA) is 43.6 Å². The molecule has 2 aromatic rings. The highest BCUT2D eigenvalue weighted by atomic mass is 15.3. The number of hydrogen-bond donors (Lipinski definition) is 0. The molecular formula is C9H10N4. The molecular weight excluding hydrogens is 164 g/mol. The maximum atomic E-state index is 4.15. The smallest absolute Gasteiger partial charge is 0.115 e. The van der Waals surface area contributed by atoms with Crippen LogP contribution in [0.2, 0.25) is 0 Å². The van der Waals surface area contributed by atoms with E-state index in [9.17, 15) is 0 Å². The Balaban J connectivity index is 2.53. The predicted octanol–water partition coefficient (Wildman–Crippen LogP) is 1.19. The molecule has 0 atom stereocenters. The first-order valence-corrected chi connectivity index (χ1v) is 4.03. The third-order valence-corrected chi connectivity index (χ3v) is 2.11. The molecule has 0 unspecified atom stereocenters. The second-order valence-corrected chi connectivity index (χ2v) is 2.89. The molecule has 0 N–H and O–H groups in total. The van der Waals surface area contributed by atoms with Crippen molar-refractivity contribution in [1.82, 2.24) is 19.7 Å². The van der Waals surface area contributed by atoms with Crippen LogP contribution in [-0.4, -0.2) is 19.7 Å². The molecule has 4 heteroatoms. The number of aromatic nitrogens is 4. The first-order chi connectivity index (χ1) is 6.29. The minimum Gasteiger partial charge on any atom is -0.272 e. The fourth-order valence-corrected chi connectivity index (χ4v) is 1.22. The van der Waals surface area contributed by atoms with Gasteiger partial charge in [-0.15, -0.1) is 0 Å². The molecule has 0 aliphatic carbocycles. The summed E-state index contributed by atoms with van der Waals surface area (Å²) in [4.78, 5) is 7.93. The summed E-state index contributed by atoms with van der Waals surface area (Å²) in [6.07, 6.45) is 6.93. The van der Waals surface area contributed by atoms with E-state index in [0.717, 1.165) is 16.8 Å². The molecule has 0 radical (unpaired) electrons. The van der Waals surface area contributed by atoms with Crippen LogP contribution in [0.25, 0.3) is 11.1 Å². The van der Waals surface area contributed by atoms with Gasteiger partial charge >= 0.3 is 0 Å². The van der Waals surface area contributed by atoms with Crippen LogP contribution < -0.4 is 0 Å². The van der Waals surface area contributed by atoms with Crippen molar-refractivity contribution in [3.05, 3.63) is 30.6 Å². The average molecular weight is 174 g/mol. The van der Waals surface area contributed by atoms with Crippen LogP contribution in [-0.2, 0) is 7.05 Å². The minimum atomic E-state index is 1.01. The van der Waals surface area contributed by atoms with E-state index in [1.165, 1.54) is 6.33 Å². The highest BCUT2D eigenvalue weighted by molar-refractivity contribution is 5.62. The zero-order chi connectivity index (χ0) is 9.26. The number of nitrogens with zero attached hydrogens (tertiary/aromatic N) is 4. The summed E-state index contributed by atoms with van der Waals surface area (Å²) < 4.78 is 1.84. The molecule has 66 valence electrons. The van der Waals surface area contributed by atoms with E-state index in [-0.39, 0.29) is 0 Å². The lowest BCUT2D eigenvalue weighted by molar-refractivity contribution is 0.740. The molecule has 0 saturated heterocycles. The van der Waals surface area contributed by atoms with Gasteiger partial charge in [0.2, 0.25) is 0 Å². The summed E-state index contributed by atoms with van der Waals surface area (Å²) in [5.41, 5.74) is 3.21. The largest absolute Gasteiger partial charge is 0.272 e. The summed E-state index contributed by atoms with van der Waals surface area (Å²) >= 11 is 0. The van der Waals surface area contributed by atoms with E-state index in [1.54, 1.807) is 12.4 Å². The molecule has 0 saturated carbocycles. The Morgan fingerprint density at radius 1 is 1.15 bits per heavy atom. The standard InChI is InChI=1S/C9H10N4/c1-7-9(5-12-13(7)2)8-3-10-6-11-4-8/h3-6H,1-2H3. The van der Waals surface area contributed by atoms with E-state index in [1.807, 2.05) is 24.9 Å². The first kappa shape index (κ1) is 7.91. The fourth-order valence-electron chi connectivity index (χ4n) is 1.22. The quantitative estimate of drug-likeness (QED) is 0.652. The molecule has 0 aromatic carbocycles. The summed E-state index contributed by atoms with van der Waals surface area (Å²) in [6.45, 7) is 2.02. The van der Waals surface area contributed by atoms with Gasteiger partial charge in [-0.1, -0.05) is 0 Å². The van der Waals surface area contributed by atoms with E-state index in [4.69, 9.17) is 0 Å². The maximum absolute atomic E-state index is 4.15. The SMILES string of the molecule is Cc1c(-c2cncnc2)cnn1C. The second-order valence-electron chi connectivity index (χ2n) is 2.89. The van der Waals surface area contributed by atoms with Gasteiger partial charge in [-0.3, -0.25) is 4.68 Å². The van der Waals surface area contributed by atoms with E-state index < -0.39 is 0 Å². The third-order valence-electron chi connectivity index (χ3n) is 2.11. The van der Waals surface area contributed by atoms with Crippen LogP contribution in [0.5, 0.6) is 0 Å². The van der Waals surface area contributed by atoms with Gasteiger partial charge in [-0.2, -0.15) is 5.10 Å². The van der Waals surface area contributed by atoms with Gasteiger partial charge in [0.25, 0.3) is 0 Å². The fraction of sp³-hybridized carbons (Fsp3) is 0.222. The Labute approximate surface area is 76.3 Å². The van der Waals surface area contributed by atoms with Crippen molar-refractivity contribution >= 4 is 0 Å². The lowest BCUT2D eigenvalue weighted by Crippen LogP contribution is -1.92. The molecule has 13 heavy (non-hydrogen) atoms. The molecule has 0 bridgehead atoms. The van der Waals surface area contributed by atoms with E-state index >= 15 is 0 Å². The zero-order valence-electron chi connectivity index (χ0n) is 7.60. The van der Waals surface area contributed by atoms with Crippen molar-refractivity contribution in [2.45, 2.75) is 6.92 Å². The highest BCUT2D eigenvalue weighted by Crippen LogP contribution is 2.19. The van der Waals surface area contributed by atoms with Crippen molar-refractivity contribution < 1.29 is 0 Å². The maximum Gasteiger partial charge on any atom is 0.115 e. The highest BCUT2D eigenvalue weighted by Gasteiger charge is 2.05.